The second-order valence-electron chi connectivity index (χ2n) is 6.06. The van der Waals surface area contributed by atoms with Gasteiger partial charge in [0.1, 0.15) is 5.75 Å². The van der Waals surface area contributed by atoms with Crippen molar-refractivity contribution in [1.29, 1.82) is 0 Å². The average Bonchev–Trinajstić information content (AvgIpc) is 2.95. The Balaban J connectivity index is 1.72. The van der Waals surface area contributed by atoms with Crippen LogP contribution in [0, 0.1) is 5.92 Å². The minimum Gasteiger partial charge on any atom is -0.507 e. The number of hydrogen-bond donors (Lipinski definition) is 2. The van der Waals surface area contributed by atoms with Gasteiger partial charge in [-0.05, 0) is 55.9 Å². The molecule has 1 aliphatic carbocycles. The fraction of sp³-hybridized carbons (Fsp3) is 0.333. The Labute approximate surface area is 139 Å². The molecule has 120 valence electrons. The maximum atomic E-state index is 12.3. The van der Waals surface area contributed by atoms with Crippen molar-refractivity contribution in [3.05, 3.63) is 51.2 Å². The van der Waals surface area contributed by atoms with Crippen molar-refractivity contribution in [3.8, 4) is 5.75 Å². The van der Waals surface area contributed by atoms with Crippen LogP contribution in [0.25, 0.3) is 0 Å². The number of aryl methyl sites for hydroxylation is 1. The van der Waals surface area contributed by atoms with Crippen molar-refractivity contribution >= 4 is 23.0 Å². The second kappa shape index (κ2) is 6.54. The van der Waals surface area contributed by atoms with Crippen molar-refractivity contribution in [2.75, 3.05) is 0 Å². The summed E-state index contributed by atoms with van der Waals surface area (Å²) >= 11 is 1.57. The smallest absolute Gasteiger partial charge is 0.281 e. The van der Waals surface area contributed by atoms with Crippen LogP contribution in [-0.4, -0.2) is 16.7 Å². The SMILES string of the molecule is C/C(=N\NC(=O)c1cc2c(s1)CC[C@@H](C)C2)c1ccccc1O. The maximum Gasteiger partial charge on any atom is 0.281 e. The number of carbonyl (C=O) groups excluding carboxylic acids is 1. The lowest BCUT2D eigenvalue weighted by Gasteiger charge is -2.16. The highest BCUT2D eigenvalue weighted by molar-refractivity contribution is 7.14. The molecule has 0 bridgehead atoms. The molecule has 4 nitrogen and oxygen atoms in total. The van der Waals surface area contributed by atoms with Crippen LogP contribution in [-0.2, 0) is 12.8 Å². The lowest BCUT2D eigenvalue weighted by Crippen LogP contribution is -2.18. The van der Waals surface area contributed by atoms with Crippen LogP contribution in [0.2, 0.25) is 0 Å². The fourth-order valence-electron chi connectivity index (χ4n) is 2.85. The van der Waals surface area contributed by atoms with E-state index in [0.717, 1.165) is 12.8 Å². The summed E-state index contributed by atoms with van der Waals surface area (Å²) in [5.41, 5.74) is 5.09. The van der Waals surface area contributed by atoms with E-state index in [1.807, 2.05) is 12.1 Å². The molecule has 1 amide bonds. The molecule has 0 fully saturated rings. The van der Waals surface area contributed by atoms with Crippen molar-refractivity contribution in [2.45, 2.75) is 33.1 Å². The van der Waals surface area contributed by atoms with E-state index in [1.54, 1.807) is 36.5 Å². The predicted octanol–water partition coefficient (Wildman–Crippen LogP) is 3.73. The van der Waals surface area contributed by atoms with E-state index in [0.29, 0.717) is 22.1 Å². The number of fused-ring (bicyclic) bond motifs is 1. The fourth-order valence-corrected chi connectivity index (χ4v) is 3.95. The van der Waals surface area contributed by atoms with Gasteiger partial charge in [0, 0.05) is 10.4 Å². The minimum atomic E-state index is -0.188. The molecule has 1 heterocycles. The van der Waals surface area contributed by atoms with E-state index in [-0.39, 0.29) is 11.7 Å². The third-order valence-electron chi connectivity index (χ3n) is 4.17. The number of thiophene rings is 1. The molecule has 3 rings (SSSR count). The highest BCUT2D eigenvalue weighted by Crippen LogP contribution is 2.32. The molecule has 1 aromatic heterocycles. The van der Waals surface area contributed by atoms with Crippen LogP contribution >= 0.6 is 11.3 Å². The number of aromatic hydroxyl groups is 1. The molecular formula is C18H20N2O2S. The van der Waals surface area contributed by atoms with Crippen LogP contribution in [0.15, 0.2) is 35.4 Å². The van der Waals surface area contributed by atoms with Gasteiger partial charge in [-0.25, -0.2) is 5.43 Å². The Morgan fingerprint density at radius 2 is 2.17 bits per heavy atom. The Bertz CT molecular complexity index is 764. The lowest BCUT2D eigenvalue weighted by molar-refractivity contribution is 0.0959. The minimum absolute atomic E-state index is 0.156. The molecular weight excluding hydrogens is 308 g/mol. The predicted molar refractivity (Wildman–Crippen MR) is 93.3 cm³/mol. The summed E-state index contributed by atoms with van der Waals surface area (Å²) < 4.78 is 0. The first kappa shape index (κ1) is 15.7. The van der Waals surface area contributed by atoms with Gasteiger partial charge in [0.2, 0.25) is 0 Å². The van der Waals surface area contributed by atoms with Gasteiger partial charge in [-0.1, -0.05) is 19.1 Å². The Kier molecular flexibility index (Phi) is 4.48. The molecule has 2 N–H and O–H groups in total. The quantitative estimate of drug-likeness (QED) is 0.666. The van der Waals surface area contributed by atoms with Crippen LogP contribution in [0.3, 0.4) is 0 Å². The number of rotatable bonds is 3. The molecule has 0 radical (unpaired) electrons. The Morgan fingerprint density at radius 1 is 1.39 bits per heavy atom. The number of nitrogens with one attached hydrogen (secondary N) is 1. The first-order chi connectivity index (χ1) is 11.0. The summed E-state index contributed by atoms with van der Waals surface area (Å²) in [7, 11) is 0. The van der Waals surface area contributed by atoms with Crippen LogP contribution in [0.4, 0.5) is 0 Å². The van der Waals surface area contributed by atoms with Gasteiger partial charge in [0.05, 0.1) is 10.6 Å². The normalized spacial score (nSPS) is 17.7. The number of nitrogens with zero attached hydrogens (tertiary/aromatic N) is 1. The highest BCUT2D eigenvalue weighted by atomic mass is 32.1. The Morgan fingerprint density at radius 3 is 2.96 bits per heavy atom. The molecule has 2 aromatic rings. The highest BCUT2D eigenvalue weighted by Gasteiger charge is 2.20. The third-order valence-corrected chi connectivity index (χ3v) is 5.41. The van der Waals surface area contributed by atoms with Crippen molar-refractivity contribution in [3.63, 3.8) is 0 Å². The van der Waals surface area contributed by atoms with Gasteiger partial charge in [-0.2, -0.15) is 5.10 Å². The molecule has 0 unspecified atom stereocenters. The van der Waals surface area contributed by atoms with E-state index in [2.05, 4.69) is 17.5 Å². The Hall–Kier alpha value is -2.14. The standard InChI is InChI=1S/C18H20N2O2S/c1-11-7-8-16-13(9-11)10-17(23-16)18(22)20-19-12(2)14-5-3-4-6-15(14)21/h3-6,10-11,21H,7-9H2,1-2H3,(H,20,22)/b19-12+/t11-/m1/s1. The molecule has 0 spiro atoms. The number of carbonyl (C=O) groups is 1. The van der Waals surface area contributed by atoms with Gasteiger partial charge in [-0.3, -0.25) is 4.79 Å². The zero-order valence-corrected chi connectivity index (χ0v) is 14.1. The van der Waals surface area contributed by atoms with Crippen molar-refractivity contribution in [2.24, 2.45) is 11.0 Å². The van der Waals surface area contributed by atoms with E-state index >= 15 is 0 Å². The van der Waals surface area contributed by atoms with Crippen LogP contribution < -0.4 is 5.43 Å². The summed E-state index contributed by atoms with van der Waals surface area (Å²) in [5, 5.41) is 13.9. The summed E-state index contributed by atoms with van der Waals surface area (Å²) in [6.45, 7) is 4.01. The first-order valence-electron chi connectivity index (χ1n) is 7.79. The monoisotopic (exact) mass is 328 g/mol. The number of amides is 1. The molecule has 0 aliphatic heterocycles. The number of benzene rings is 1. The van der Waals surface area contributed by atoms with E-state index in [1.165, 1.54) is 16.9 Å². The largest absolute Gasteiger partial charge is 0.507 e. The number of hydrazone groups is 1. The zero-order chi connectivity index (χ0) is 16.4. The van der Waals surface area contributed by atoms with E-state index in [9.17, 15) is 9.90 Å². The molecule has 1 atom stereocenters. The number of hydrogen-bond acceptors (Lipinski definition) is 4. The molecule has 0 saturated heterocycles. The molecule has 1 aliphatic rings. The van der Waals surface area contributed by atoms with Gasteiger partial charge in [0.15, 0.2) is 0 Å². The number of phenols is 1. The number of phenolic OH excluding ortho intramolecular Hbond substituents is 1. The molecule has 0 saturated carbocycles. The summed E-state index contributed by atoms with van der Waals surface area (Å²) in [6.07, 6.45) is 3.31. The second-order valence-corrected chi connectivity index (χ2v) is 7.20. The van der Waals surface area contributed by atoms with Crippen molar-refractivity contribution in [1.82, 2.24) is 5.43 Å². The maximum absolute atomic E-state index is 12.3. The van der Waals surface area contributed by atoms with E-state index < -0.39 is 0 Å². The van der Waals surface area contributed by atoms with E-state index in [4.69, 9.17) is 0 Å². The third kappa shape index (κ3) is 3.45. The average molecular weight is 328 g/mol. The molecule has 1 aromatic carbocycles. The summed E-state index contributed by atoms with van der Waals surface area (Å²) in [4.78, 5) is 14.3. The zero-order valence-electron chi connectivity index (χ0n) is 13.3. The summed E-state index contributed by atoms with van der Waals surface area (Å²) in [5.74, 6) is 0.657. The van der Waals surface area contributed by atoms with Crippen LogP contribution in [0.1, 0.15) is 45.9 Å². The number of para-hydroxylation sites is 1. The summed E-state index contributed by atoms with van der Waals surface area (Å²) in [6, 6.07) is 8.94. The first-order valence-corrected chi connectivity index (χ1v) is 8.61. The van der Waals surface area contributed by atoms with Gasteiger partial charge < -0.3 is 5.11 Å². The van der Waals surface area contributed by atoms with Gasteiger partial charge >= 0.3 is 0 Å². The van der Waals surface area contributed by atoms with Gasteiger partial charge in [-0.15, -0.1) is 11.3 Å². The van der Waals surface area contributed by atoms with Gasteiger partial charge in [0.25, 0.3) is 5.91 Å². The molecule has 23 heavy (non-hydrogen) atoms. The molecule has 5 heteroatoms. The lowest BCUT2D eigenvalue weighted by atomic mass is 9.90. The van der Waals surface area contributed by atoms with Crippen LogP contribution in [0.5, 0.6) is 5.75 Å². The van der Waals surface area contributed by atoms with Crippen molar-refractivity contribution < 1.29 is 9.90 Å². The topological polar surface area (TPSA) is 61.7 Å².